The molecule has 1 aromatic carbocycles. The lowest BCUT2D eigenvalue weighted by molar-refractivity contribution is -0.140. The fraction of sp³-hybridized carbons (Fsp3) is 0.312. The van der Waals surface area contributed by atoms with Crippen LogP contribution in [0.15, 0.2) is 24.3 Å². The fourth-order valence-corrected chi connectivity index (χ4v) is 2.48. The molecule has 132 valence electrons. The number of nitrogens with zero attached hydrogens (tertiary/aromatic N) is 1. The topological polar surface area (TPSA) is 121 Å². The number of carbonyl (C=O) groups excluding carboxylic acids is 4. The third kappa shape index (κ3) is 3.54. The monoisotopic (exact) mass is 350 g/mol. The summed E-state index contributed by atoms with van der Waals surface area (Å²) >= 11 is 0. The van der Waals surface area contributed by atoms with E-state index < -0.39 is 54.7 Å². The van der Waals surface area contributed by atoms with E-state index in [1.54, 1.807) is 12.1 Å². The summed E-state index contributed by atoms with van der Waals surface area (Å²) in [4.78, 5) is 59.8. The average Bonchev–Trinajstić information content (AvgIpc) is 2.84. The van der Waals surface area contributed by atoms with Crippen molar-refractivity contribution in [1.82, 2.24) is 10.2 Å². The number of halogens is 1. The SMILES string of the molecule is CC(C(=O)NC(CC(=O)O)C(=O)CF)N1C(=O)c2ccccc2C1=O. The summed E-state index contributed by atoms with van der Waals surface area (Å²) < 4.78 is 12.5. The normalized spacial score (nSPS) is 15.5. The van der Waals surface area contributed by atoms with Crippen LogP contribution < -0.4 is 5.32 Å². The number of Topliss-reactive ketones (excluding diaryl/α,β-unsaturated/α-hetero) is 1. The molecule has 0 saturated heterocycles. The molecule has 3 amide bonds. The van der Waals surface area contributed by atoms with E-state index in [4.69, 9.17) is 5.11 Å². The minimum absolute atomic E-state index is 0.147. The number of carbonyl (C=O) groups is 5. The maximum atomic E-state index is 12.5. The molecular formula is C16H15FN2O6. The third-order valence-electron chi connectivity index (χ3n) is 3.81. The van der Waals surface area contributed by atoms with E-state index in [2.05, 4.69) is 5.32 Å². The zero-order valence-electron chi connectivity index (χ0n) is 13.2. The number of amides is 3. The van der Waals surface area contributed by atoms with Gasteiger partial charge in [0.25, 0.3) is 11.8 Å². The Morgan fingerprint density at radius 2 is 1.68 bits per heavy atom. The van der Waals surface area contributed by atoms with E-state index in [-0.39, 0.29) is 11.1 Å². The van der Waals surface area contributed by atoms with Crippen LogP contribution in [0.1, 0.15) is 34.1 Å². The van der Waals surface area contributed by atoms with Crippen LogP contribution in [0, 0.1) is 0 Å². The number of alkyl halides is 1. The zero-order valence-corrected chi connectivity index (χ0v) is 13.2. The van der Waals surface area contributed by atoms with Gasteiger partial charge in [0.1, 0.15) is 18.8 Å². The van der Waals surface area contributed by atoms with Crippen LogP contribution in [-0.4, -0.2) is 58.2 Å². The molecule has 9 heteroatoms. The van der Waals surface area contributed by atoms with E-state index >= 15 is 0 Å². The van der Waals surface area contributed by atoms with Gasteiger partial charge in [-0.25, -0.2) is 4.39 Å². The lowest BCUT2D eigenvalue weighted by atomic mass is 10.1. The Hall–Kier alpha value is -3.10. The van der Waals surface area contributed by atoms with Crippen LogP contribution in [0.3, 0.4) is 0 Å². The second-order valence-corrected chi connectivity index (χ2v) is 5.46. The molecule has 0 spiro atoms. The Balaban J connectivity index is 2.17. The van der Waals surface area contributed by atoms with E-state index in [9.17, 15) is 28.4 Å². The predicted molar refractivity (Wildman–Crippen MR) is 81.6 cm³/mol. The van der Waals surface area contributed by atoms with Gasteiger partial charge in [-0.15, -0.1) is 0 Å². The minimum atomic E-state index is -1.58. The van der Waals surface area contributed by atoms with Gasteiger partial charge in [-0.1, -0.05) is 12.1 Å². The summed E-state index contributed by atoms with van der Waals surface area (Å²) in [5.74, 6) is -4.78. The largest absolute Gasteiger partial charge is 0.481 e. The van der Waals surface area contributed by atoms with Crippen molar-refractivity contribution in [3.05, 3.63) is 35.4 Å². The van der Waals surface area contributed by atoms with Gasteiger partial charge in [0, 0.05) is 0 Å². The lowest BCUT2D eigenvalue weighted by Gasteiger charge is -2.24. The first-order chi connectivity index (χ1) is 11.8. The average molecular weight is 350 g/mol. The van der Waals surface area contributed by atoms with E-state index in [1.165, 1.54) is 19.1 Å². The number of aliphatic carboxylic acids is 1. The number of hydrogen-bond acceptors (Lipinski definition) is 5. The Morgan fingerprint density at radius 1 is 1.16 bits per heavy atom. The van der Waals surface area contributed by atoms with Crippen molar-refractivity contribution < 1.29 is 33.5 Å². The number of hydrogen-bond donors (Lipinski definition) is 2. The Bertz CT molecular complexity index is 728. The van der Waals surface area contributed by atoms with Gasteiger partial charge in [-0.05, 0) is 19.1 Å². The van der Waals surface area contributed by atoms with Crippen molar-refractivity contribution >= 4 is 29.5 Å². The van der Waals surface area contributed by atoms with Gasteiger partial charge in [-0.3, -0.25) is 28.9 Å². The molecule has 0 fully saturated rings. The number of nitrogens with one attached hydrogen (secondary N) is 1. The Kier molecular flexibility index (Phi) is 5.26. The number of benzene rings is 1. The van der Waals surface area contributed by atoms with Gasteiger partial charge in [0.05, 0.1) is 17.5 Å². The van der Waals surface area contributed by atoms with Gasteiger partial charge in [0.15, 0.2) is 5.78 Å². The number of rotatable bonds is 7. The number of imide groups is 1. The van der Waals surface area contributed by atoms with Crippen molar-refractivity contribution in [3.8, 4) is 0 Å². The molecular weight excluding hydrogens is 335 g/mol. The van der Waals surface area contributed by atoms with Gasteiger partial charge in [-0.2, -0.15) is 0 Å². The molecule has 2 atom stereocenters. The van der Waals surface area contributed by atoms with E-state index in [0.29, 0.717) is 0 Å². The van der Waals surface area contributed by atoms with Gasteiger partial charge >= 0.3 is 5.97 Å². The van der Waals surface area contributed by atoms with Crippen LogP contribution in [0.2, 0.25) is 0 Å². The molecule has 0 aliphatic carbocycles. The Morgan fingerprint density at radius 3 is 2.12 bits per heavy atom. The Labute approximate surface area is 141 Å². The van der Waals surface area contributed by atoms with Gasteiger partial charge in [0.2, 0.25) is 5.91 Å². The van der Waals surface area contributed by atoms with Crippen molar-refractivity contribution in [2.45, 2.75) is 25.4 Å². The highest BCUT2D eigenvalue weighted by molar-refractivity contribution is 6.22. The van der Waals surface area contributed by atoms with Crippen molar-refractivity contribution in [3.63, 3.8) is 0 Å². The zero-order chi connectivity index (χ0) is 18.7. The van der Waals surface area contributed by atoms with E-state index in [1.807, 2.05) is 0 Å². The standard InChI is InChI=1S/C16H15FN2O6/c1-8(14(23)18-11(6-13(21)22)12(20)7-17)19-15(24)9-4-2-3-5-10(9)16(19)25/h2-5,8,11H,6-7H2,1H3,(H,18,23)(H,21,22). The molecule has 0 saturated carbocycles. The molecule has 2 rings (SSSR count). The molecule has 8 nitrogen and oxygen atoms in total. The van der Waals surface area contributed by atoms with Crippen molar-refractivity contribution in [2.75, 3.05) is 6.67 Å². The quantitative estimate of drug-likeness (QED) is 0.676. The first kappa shape index (κ1) is 18.2. The highest BCUT2D eigenvalue weighted by atomic mass is 19.1. The molecule has 1 aliphatic heterocycles. The van der Waals surface area contributed by atoms with Crippen molar-refractivity contribution in [2.24, 2.45) is 0 Å². The van der Waals surface area contributed by atoms with Crippen LogP contribution in [0.25, 0.3) is 0 Å². The van der Waals surface area contributed by atoms with Crippen LogP contribution in [-0.2, 0) is 14.4 Å². The number of ketones is 1. The smallest absolute Gasteiger partial charge is 0.305 e. The minimum Gasteiger partial charge on any atom is -0.481 e. The molecule has 1 aliphatic rings. The highest BCUT2D eigenvalue weighted by Gasteiger charge is 2.41. The maximum absolute atomic E-state index is 12.5. The second-order valence-electron chi connectivity index (χ2n) is 5.46. The van der Waals surface area contributed by atoms with E-state index in [0.717, 1.165) is 4.90 Å². The van der Waals surface area contributed by atoms with Crippen LogP contribution >= 0.6 is 0 Å². The molecule has 1 aromatic rings. The molecule has 0 bridgehead atoms. The summed E-state index contributed by atoms with van der Waals surface area (Å²) in [5.41, 5.74) is 0.295. The summed E-state index contributed by atoms with van der Waals surface area (Å²) in [5, 5.41) is 10.8. The molecule has 0 radical (unpaired) electrons. The van der Waals surface area contributed by atoms with Crippen LogP contribution in [0.4, 0.5) is 4.39 Å². The fourth-order valence-electron chi connectivity index (χ4n) is 2.48. The molecule has 25 heavy (non-hydrogen) atoms. The maximum Gasteiger partial charge on any atom is 0.305 e. The number of fused-ring (bicyclic) bond motifs is 1. The van der Waals surface area contributed by atoms with Crippen molar-refractivity contribution in [1.29, 1.82) is 0 Å². The molecule has 0 aromatic heterocycles. The summed E-state index contributed by atoms with van der Waals surface area (Å²) in [6.45, 7) is -0.186. The highest BCUT2D eigenvalue weighted by Crippen LogP contribution is 2.24. The third-order valence-corrected chi connectivity index (χ3v) is 3.81. The summed E-state index contributed by atoms with van der Waals surface area (Å²) in [7, 11) is 0. The number of carboxylic acid groups (broad SMARTS) is 1. The van der Waals surface area contributed by atoms with Gasteiger partial charge < -0.3 is 10.4 Å². The second kappa shape index (κ2) is 7.20. The molecule has 2 N–H and O–H groups in total. The molecule has 2 unspecified atom stereocenters. The summed E-state index contributed by atoms with van der Waals surface area (Å²) in [6, 6.07) is 3.16. The molecule has 1 heterocycles. The first-order valence-corrected chi connectivity index (χ1v) is 7.35. The van der Waals surface area contributed by atoms with Crippen LogP contribution in [0.5, 0.6) is 0 Å². The predicted octanol–water partition coefficient (Wildman–Crippen LogP) is 0.169. The lowest BCUT2D eigenvalue weighted by Crippen LogP contribution is -2.52. The number of carboxylic acids is 1. The first-order valence-electron chi connectivity index (χ1n) is 7.35. The summed E-state index contributed by atoms with van der Waals surface area (Å²) in [6.07, 6.45) is -0.802.